The van der Waals surface area contributed by atoms with Crippen LogP contribution in [0, 0.1) is 15.3 Å². The Morgan fingerprint density at radius 2 is 1.67 bits per heavy atom. The molecule has 0 saturated heterocycles. The SMILES string of the molecule is CSC(=N/[N+](=O)[O-])/C(=N/NC(C)(C)C)[N+]([O-])=NC(C)(C)C. The predicted octanol–water partition coefficient (Wildman–Crippen LogP) is 2.40. The molecule has 1 N–H and O–H groups in total. The van der Waals surface area contributed by atoms with Crippen molar-refractivity contribution in [2.45, 2.75) is 52.6 Å². The van der Waals surface area contributed by atoms with Crippen LogP contribution in [-0.2, 0) is 0 Å². The zero-order valence-corrected chi connectivity index (χ0v) is 14.2. The number of hydrogen-bond donors (Lipinski definition) is 1. The van der Waals surface area contributed by atoms with Crippen molar-refractivity contribution in [1.82, 2.24) is 5.43 Å². The summed E-state index contributed by atoms with van der Waals surface area (Å²) in [6.07, 6.45) is 1.57. The van der Waals surface area contributed by atoms with E-state index in [0.29, 0.717) is 0 Å². The molecule has 0 atom stereocenters. The van der Waals surface area contributed by atoms with Gasteiger partial charge in [-0.3, -0.25) is 0 Å². The summed E-state index contributed by atoms with van der Waals surface area (Å²) in [6, 6.07) is 0. The van der Waals surface area contributed by atoms with Crippen molar-refractivity contribution in [3.63, 3.8) is 0 Å². The first-order chi connectivity index (χ1) is 9.35. The van der Waals surface area contributed by atoms with Gasteiger partial charge in [-0.25, -0.2) is 15.5 Å². The van der Waals surface area contributed by atoms with E-state index in [4.69, 9.17) is 0 Å². The molecule has 0 bridgehead atoms. The van der Waals surface area contributed by atoms with E-state index in [2.05, 4.69) is 20.7 Å². The van der Waals surface area contributed by atoms with Crippen molar-refractivity contribution in [3.8, 4) is 0 Å². The monoisotopic (exact) mass is 318 g/mol. The summed E-state index contributed by atoms with van der Waals surface area (Å²) in [7, 11) is 0. The lowest BCUT2D eigenvalue weighted by Crippen LogP contribution is -2.36. The van der Waals surface area contributed by atoms with E-state index in [9.17, 15) is 15.3 Å². The van der Waals surface area contributed by atoms with E-state index < -0.39 is 16.1 Å². The lowest BCUT2D eigenvalue weighted by Gasteiger charge is -2.16. The molecule has 0 aliphatic heterocycles. The highest BCUT2D eigenvalue weighted by atomic mass is 32.2. The highest BCUT2D eigenvalue weighted by Crippen LogP contribution is 2.10. The molecule has 120 valence electrons. The Balaban J connectivity index is 5.79. The number of azo groups is 1. The van der Waals surface area contributed by atoms with Gasteiger partial charge in [0.05, 0.1) is 21.3 Å². The third kappa shape index (κ3) is 8.95. The minimum absolute atomic E-state index is 0.125. The Morgan fingerprint density at radius 1 is 1.14 bits per heavy atom. The van der Waals surface area contributed by atoms with Gasteiger partial charge in [0.15, 0.2) is 5.03 Å². The second kappa shape index (κ2) is 7.34. The molecule has 0 amide bonds. The highest BCUT2D eigenvalue weighted by molar-refractivity contribution is 8.15. The van der Waals surface area contributed by atoms with Gasteiger partial charge >= 0.3 is 5.84 Å². The quantitative estimate of drug-likeness (QED) is 0.209. The molecule has 0 fully saturated rings. The molecule has 10 heteroatoms. The normalized spacial score (nSPS) is 15.1. The fourth-order valence-corrected chi connectivity index (χ4v) is 1.42. The molecule has 0 aromatic carbocycles. The Morgan fingerprint density at radius 3 is 2.00 bits per heavy atom. The molecule has 0 spiro atoms. The van der Waals surface area contributed by atoms with Crippen LogP contribution in [0.15, 0.2) is 15.3 Å². The first-order valence-electron chi connectivity index (χ1n) is 6.18. The number of hydrazone groups is 2. The Kier molecular flexibility index (Phi) is 6.74. The number of nitro groups is 1. The number of amidine groups is 1. The fourth-order valence-electron chi connectivity index (χ4n) is 0.964. The molecule has 0 rings (SSSR count). The maximum absolute atomic E-state index is 12.1. The highest BCUT2D eigenvalue weighted by Gasteiger charge is 2.27. The van der Waals surface area contributed by atoms with E-state index in [1.165, 1.54) is 0 Å². The Bertz CT molecular complexity index is 473. The van der Waals surface area contributed by atoms with E-state index in [1.807, 2.05) is 20.8 Å². The Hall–Kier alpha value is -1.71. The molecule has 21 heavy (non-hydrogen) atoms. The second-order valence-electron chi connectivity index (χ2n) is 6.19. The van der Waals surface area contributed by atoms with Gasteiger partial charge in [-0.2, -0.15) is 0 Å². The molecule has 0 heterocycles. The van der Waals surface area contributed by atoms with Gasteiger partial charge in [-0.05, 0) is 47.8 Å². The van der Waals surface area contributed by atoms with Crippen LogP contribution in [0.1, 0.15) is 41.5 Å². The van der Waals surface area contributed by atoms with Gasteiger partial charge in [-0.15, -0.1) is 9.97 Å². The summed E-state index contributed by atoms with van der Waals surface area (Å²) in [6.45, 7) is 10.7. The summed E-state index contributed by atoms with van der Waals surface area (Å²) in [4.78, 5) is 10.8. The van der Waals surface area contributed by atoms with E-state index in [0.717, 1.165) is 11.8 Å². The van der Waals surface area contributed by atoms with Crippen LogP contribution in [-0.4, -0.2) is 38.1 Å². The number of nitrogens with one attached hydrogen (secondary N) is 1. The zero-order chi connectivity index (χ0) is 16.8. The summed E-state index contributed by atoms with van der Waals surface area (Å²) in [5, 5.41) is 32.7. The van der Waals surface area contributed by atoms with Gasteiger partial charge in [0.1, 0.15) is 0 Å². The van der Waals surface area contributed by atoms with Gasteiger partial charge in [0, 0.05) is 0 Å². The number of rotatable bonds is 2. The molecule has 0 saturated carbocycles. The first-order valence-corrected chi connectivity index (χ1v) is 7.40. The van der Waals surface area contributed by atoms with E-state index in [1.54, 1.807) is 27.0 Å². The van der Waals surface area contributed by atoms with Crippen molar-refractivity contribution in [3.05, 3.63) is 15.3 Å². The third-order valence-electron chi connectivity index (χ3n) is 1.63. The number of hydrogen-bond acceptors (Lipinski definition) is 7. The van der Waals surface area contributed by atoms with Crippen LogP contribution in [0.25, 0.3) is 0 Å². The molecule has 0 aromatic heterocycles. The summed E-state index contributed by atoms with van der Waals surface area (Å²) < 4.78 is 0. The maximum Gasteiger partial charge on any atom is 0.410 e. The minimum Gasteiger partial charge on any atom is -0.691 e. The smallest absolute Gasteiger partial charge is 0.410 e. The second-order valence-corrected chi connectivity index (χ2v) is 6.98. The van der Waals surface area contributed by atoms with Gasteiger partial charge in [-0.1, -0.05) is 11.8 Å². The van der Waals surface area contributed by atoms with E-state index in [-0.39, 0.29) is 15.7 Å². The van der Waals surface area contributed by atoms with Crippen LogP contribution in [0.4, 0.5) is 0 Å². The molecule has 0 aromatic rings. The van der Waals surface area contributed by atoms with Crippen molar-refractivity contribution in [2.24, 2.45) is 15.3 Å². The largest absolute Gasteiger partial charge is 0.691 e. The van der Waals surface area contributed by atoms with Crippen molar-refractivity contribution in [2.75, 3.05) is 6.26 Å². The number of nitrogens with zero attached hydrogens (tertiary/aromatic N) is 5. The van der Waals surface area contributed by atoms with Gasteiger partial charge in [0.25, 0.3) is 5.04 Å². The van der Waals surface area contributed by atoms with Gasteiger partial charge < -0.3 is 5.21 Å². The standard InChI is InChI=1S/C11H22N6O3S/c1-10(2,3)14-12-8(9(21-7)13-17(19)20)16(18)15-11(4,5)6/h14H,1-7H3/b12-8-,13-9+,16-15?. The molecular weight excluding hydrogens is 296 g/mol. The van der Waals surface area contributed by atoms with Crippen LogP contribution >= 0.6 is 11.8 Å². The van der Waals surface area contributed by atoms with Crippen molar-refractivity contribution in [1.29, 1.82) is 0 Å². The molecule has 0 radical (unpaired) electrons. The zero-order valence-electron chi connectivity index (χ0n) is 13.4. The first kappa shape index (κ1) is 19.3. The molecule has 9 nitrogen and oxygen atoms in total. The van der Waals surface area contributed by atoms with Crippen LogP contribution in [0.3, 0.4) is 0 Å². The number of thioether (sulfide) groups is 1. The predicted molar refractivity (Wildman–Crippen MR) is 84.1 cm³/mol. The molecular formula is C11H22N6O3S. The average Bonchev–Trinajstić information content (AvgIpc) is 2.22. The van der Waals surface area contributed by atoms with Crippen molar-refractivity contribution < 1.29 is 9.89 Å². The number of hydroxylamine groups is 1. The maximum atomic E-state index is 12.1. The van der Waals surface area contributed by atoms with E-state index >= 15 is 0 Å². The summed E-state index contributed by atoms with van der Waals surface area (Å²) >= 11 is 0.947. The Labute approximate surface area is 128 Å². The molecule has 0 aliphatic rings. The van der Waals surface area contributed by atoms with Crippen LogP contribution in [0.2, 0.25) is 0 Å². The molecule has 0 aliphatic carbocycles. The third-order valence-corrected chi connectivity index (χ3v) is 2.28. The summed E-state index contributed by atoms with van der Waals surface area (Å²) in [5.41, 5.74) is 1.69. The van der Waals surface area contributed by atoms with Crippen molar-refractivity contribution >= 4 is 22.6 Å². The minimum atomic E-state index is -0.872. The summed E-state index contributed by atoms with van der Waals surface area (Å²) in [5.74, 6) is -0.246. The fraction of sp³-hybridized carbons (Fsp3) is 0.818. The van der Waals surface area contributed by atoms with Crippen LogP contribution in [0.5, 0.6) is 0 Å². The average molecular weight is 318 g/mol. The molecule has 0 unspecified atom stereocenters. The topological polar surface area (TPSA) is 118 Å². The van der Waals surface area contributed by atoms with Gasteiger partial charge in [0.2, 0.25) is 0 Å². The van der Waals surface area contributed by atoms with Crippen LogP contribution < -0.4 is 5.43 Å². The lowest BCUT2D eigenvalue weighted by molar-refractivity contribution is -0.485. The lowest BCUT2D eigenvalue weighted by atomic mass is 10.1.